The van der Waals surface area contributed by atoms with Crippen LogP contribution in [0.15, 0.2) is 18.2 Å². The fraction of sp³-hybridized carbons (Fsp3) is 0.308. The van der Waals surface area contributed by atoms with Crippen molar-refractivity contribution in [3.8, 4) is 6.07 Å². The highest BCUT2D eigenvalue weighted by Gasteiger charge is 2.35. The maximum absolute atomic E-state index is 11.8. The monoisotopic (exact) mass is 309 g/mol. The molecule has 110 valence electrons. The van der Waals surface area contributed by atoms with Gasteiger partial charge in [-0.25, -0.2) is 4.79 Å². The Bertz CT molecular complexity index is 614. The smallest absolute Gasteiger partial charge is 0.319 e. The van der Waals surface area contributed by atoms with Crippen molar-refractivity contribution in [2.45, 2.75) is 6.04 Å². The predicted octanol–water partition coefficient (Wildman–Crippen LogP) is 1.43. The molecule has 0 saturated carbocycles. The predicted molar refractivity (Wildman–Crippen MR) is 74.1 cm³/mol. The van der Waals surface area contributed by atoms with Crippen LogP contribution in [0.3, 0.4) is 0 Å². The van der Waals surface area contributed by atoms with Gasteiger partial charge < -0.3 is 20.5 Å². The minimum absolute atomic E-state index is 0.0724. The summed E-state index contributed by atoms with van der Waals surface area (Å²) in [6.45, 7) is 0.224. The molecule has 1 fully saturated rings. The summed E-state index contributed by atoms with van der Waals surface area (Å²) in [7, 11) is 0. The van der Waals surface area contributed by atoms with Crippen LogP contribution in [0.5, 0.6) is 0 Å². The number of nitrogens with zero attached hydrogens (tertiary/aromatic N) is 1. The quantitative estimate of drug-likeness (QED) is 0.782. The van der Waals surface area contributed by atoms with Crippen molar-refractivity contribution in [2.24, 2.45) is 5.92 Å². The van der Waals surface area contributed by atoms with E-state index in [0.717, 1.165) is 0 Å². The van der Waals surface area contributed by atoms with E-state index in [0.29, 0.717) is 11.3 Å². The van der Waals surface area contributed by atoms with E-state index in [1.165, 1.54) is 18.2 Å². The lowest BCUT2D eigenvalue weighted by Gasteiger charge is -2.16. The molecular weight excluding hydrogens is 298 g/mol. The van der Waals surface area contributed by atoms with Crippen LogP contribution in [-0.2, 0) is 9.53 Å². The molecule has 1 aromatic rings. The maximum Gasteiger partial charge on any atom is 0.319 e. The van der Waals surface area contributed by atoms with Crippen LogP contribution in [0.4, 0.5) is 10.5 Å². The van der Waals surface area contributed by atoms with Crippen LogP contribution in [0.1, 0.15) is 5.56 Å². The summed E-state index contributed by atoms with van der Waals surface area (Å²) in [6.07, 6.45) is 0. The van der Waals surface area contributed by atoms with Crippen molar-refractivity contribution in [2.75, 3.05) is 18.5 Å². The standard InChI is InChI=1S/C13H12ClN3O4/c14-10-3-8(2-1-7(10)4-15)16-13(20)17-11-6-21-5-9(11)12(18)19/h1-3,9,11H,5-6H2,(H,18,19)(H2,16,17,20). The molecule has 2 rings (SSSR count). The molecule has 1 aromatic carbocycles. The Hall–Kier alpha value is -2.30. The van der Waals surface area contributed by atoms with Gasteiger partial charge in [0.1, 0.15) is 12.0 Å². The number of amides is 2. The highest BCUT2D eigenvalue weighted by Crippen LogP contribution is 2.20. The topological polar surface area (TPSA) is 111 Å². The van der Waals surface area contributed by atoms with Crippen molar-refractivity contribution in [1.82, 2.24) is 5.32 Å². The number of anilines is 1. The second-order valence-corrected chi connectivity index (χ2v) is 4.90. The Morgan fingerprint density at radius 1 is 1.43 bits per heavy atom. The molecule has 7 nitrogen and oxygen atoms in total. The van der Waals surface area contributed by atoms with Gasteiger partial charge in [-0.1, -0.05) is 11.6 Å². The van der Waals surface area contributed by atoms with Gasteiger partial charge in [0.25, 0.3) is 0 Å². The summed E-state index contributed by atoms with van der Waals surface area (Å²) in [4.78, 5) is 22.8. The molecule has 0 radical (unpaired) electrons. The van der Waals surface area contributed by atoms with E-state index < -0.39 is 24.0 Å². The van der Waals surface area contributed by atoms with Crippen LogP contribution >= 0.6 is 11.6 Å². The number of nitriles is 1. The molecule has 2 unspecified atom stereocenters. The lowest BCUT2D eigenvalue weighted by Crippen LogP contribution is -2.44. The summed E-state index contributed by atoms with van der Waals surface area (Å²) in [5, 5.41) is 23.0. The highest BCUT2D eigenvalue weighted by molar-refractivity contribution is 6.32. The molecule has 0 aliphatic carbocycles. The van der Waals surface area contributed by atoms with Gasteiger partial charge in [0.15, 0.2) is 0 Å². The van der Waals surface area contributed by atoms with Gasteiger partial charge in [-0.15, -0.1) is 0 Å². The number of carboxylic acids is 1. The SMILES string of the molecule is N#Cc1ccc(NC(=O)NC2COCC2C(=O)O)cc1Cl. The fourth-order valence-electron chi connectivity index (χ4n) is 1.96. The first kappa shape index (κ1) is 15.1. The van der Waals surface area contributed by atoms with Crippen molar-refractivity contribution in [1.29, 1.82) is 5.26 Å². The minimum atomic E-state index is -1.01. The van der Waals surface area contributed by atoms with E-state index in [9.17, 15) is 9.59 Å². The molecular formula is C13H12ClN3O4. The summed E-state index contributed by atoms with van der Waals surface area (Å²) in [5.41, 5.74) is 0.708. The largest absolute Gasteiger partial charge is 0.481 e. The normalized spacial score (nSPS) is 20.6. The van der Waals surface area contributed by atoms with E-state index in [2.05, 4.69) is 10.6 Å². The number of hydrogen-bond acceptors (Lipinski definition) is 4. The highest BCUT2D eigenvalue weighted by atomic mass is 35.5. The molecule has 0 aromatic heterocycles. The molecule has 3 N–H and O–H groups in total. The summed E-state index contributed by atoms with van der Waals surface area (Å²) in [5.74, 6) is -1.78. The Labute approximate surface area is 125 Å². The number of rotatable bonds is 3. The van der Waals surface area contributed by atoms with Crippen LogP contribution < -0.4 is 10.6 Å². The third kappa shape index (κ3) is 3.62. The average Bonchev–Trinajstić information content (AvgIpc) is 2.87. The Morgan fingerprint density at radius 2 is 2.19 bits per heavy atom. The lowest BCUT2D eigenvalue weighted by atomic mass is 10.0. The van der Waals surface area contributed by atoms with Crippen molar-refractivity contribution < 1.29 is 19.4 Å². The lowest BCUT2D eigenvalue weighted by molar-refractivity contribution is -0.142. The van der Waals surface area contributed by atoms with Crippen LogP contribution in [-0.4, -0.2) is 36.4 Å². The zero-order valence-corrected chi connectivity index (χ0v) is 11.6. The van der Waals surface area contributed by atoms with Crippen molar-refractivity contribution in [3.05, 3.63) is 28.8 Å². The summed E-state index contributed by atoms with van der Waals surface area (Å²) >= 11 is 5.86. The van der Waals surface area contributed by atoms with Crippen molar-refractivity contribution in [3.63, 3.8) is 0 Å². The number of urea groups is 1. The molecule has 1 aliphatic rings. The number of halogens is 1. The number of carbonyl (C=O) groups excluding carboxylic acids is 1. The number of aliphatic carboxylic acids is 1. The number of carbonyl (C=O) groups is 2. The molecule has 2 amide bonds. The first-order chi connectivity index (χ1) is 10.0. The Morgan fingerprint density at radius 3 is 2.81 bits per heavy atom. The number of hydrogen-bond donors (Lipinski definition) is 3. The van der Waals surface area contributed by atoms with Gasteiger partial charge in [-0.3, -0.25) is 4.79 Å². The van der Waals surface area contributed by atoms with Crippen LogP contribution in [0.25, 0.3) is 0 Å². The zero-order valence-electron chi connectivity index (χ0n) is 10.8. The summed E-state index contributed by atoms with van der Waals surface area (Å²) < 4.78 is 5.05. The number of carboxylic acid groups (broad SMARTS) is 1. The van der Waals surface area contributed by atoms with Crippen LogP contribution in [0, 0.1) is 17.2 Å². The zero-order chi connectivity index (χ0) is 15.4. The number of benzene rings is 1. The molecule has 2 atom stereocenters. The van der Waals surface area contributed by atoms with Gasteiger partial charge in [-0.05, 0) is 18.2 Å². The molecule has 1 aliphatic heterocycles. The van der Waals surface area contributed by atoms with Gasteiger partial charge in [0.05, 0.1) is 29.8 Å². The van der Waals surface area contributed by atoms with E-state index >= 15 is 0 Å². The van der Waals surface area contributed by atoms with Gasteiger partial charge in [-0.2, -0.15) is 5.26 Å². The average molecular weight is 310 g/mol. The van der Waals surface area contributed by atoms with Gasteiger partial charge in [0, 0.05) is 5.69 Å². The van der Waals surface area contributed by atoms with E-state index in [1.54, 1.807) is 0 Å². The summed E-state index contributed by atoms with van der Waals surface area (Å²) in [6, 6.07) is 5.22. The molecule has 21 heavy (non-hydrogen) atoms. The van der Waals surface area contributed by atoms with Gasteiger partial charge in [0.2, 0.25) is 0 Å². The van der Waals surface area contributed by atoms with Crippen LogP contribution in [0.2, 0.25) is 5.02 Å². The van der Waals surface area contributed by atoms with E-state index in [4.69, 9.17) is 26.7 Å². The molecule has 0 bridgehead atoms. The molecule has 1 saturated heterocycles. The van der Waals surface area contributed by atoms with E-state index in [1.807, 2.05) is 6.07 Å². The third-order valence-electron chi connectivity index (χ3n) is 3.06. The fourth-order valence-corrected chi connectivity index (χ4v) is 2.18. The second-order valence-electron chi connectivity index (χ2n) is 4.49. The molecule has 0 spiro atoms. The van der Waals surface area contributed by atoms with Gasteiger partial charge >= 0.3 is 12.0 Å². The number of nitrogens with one attached hydrogen (secondary N) is 2. The van der Waals surface area contributed by atoms with Crippen molar-refractivity contribution >= 4 is 29.3 Å². The molecule has 1 heterocycles. The minimum Gasteiger partial charge on any atom is -0.481 e. The Balaban J connectivity index is 1.97. The number of ether oxygens (including phenoxy) is 1. The van der Waals surface area contributed by atoms with E-state index in [-0.39, 0.29) is 18.2 Å². The Kier molecular flexibility index (Phi) is 4.62. The third-order valence-corrected chi connectivity index (χ3v) is 3.37. The second kappa shape index (κ2) is 6.43. The first-order valence-electron chi connectivity index (χ1n) is 6.09. The maximum atomic E-state index is 11.8. The first-order valence-corrected chi connectivity index (χ1v) is 6.46. The molecule has 8 heteroatoms.